The van der Waals surface area contributed by atoms with Gasteiger partial charge in [0.2, 0.25) is 10.0 Å². The number of aryl methyl sites for hydroxylation is 2. The summed E-state index contributed by atoms with van der Waals surface area (Å²) >= 11 is 0. The van der Waals surface area contributed by atoms with Gasteiger partial charge >= 0.3 is 0 Å². The molecule has 0 aliphatic rings. The molecule has 8 heteroatoms. The van der Waals surface area contributed by atoms with Crippen LogP contribution >= 0.6 is 0 Å². The van der Waals surface area contributed by atoms with Crippen molar-refractivity contribution in [3.05, 3.63) is 83.8 Å². The van der Waals surface area contributed by atoms with Crippen molar-refractivity contribution >= 4 is 20.9 Å². The number of rotatable bonds is 7. The van der Waals surface area contributed by atoms with Crippen LogP contribution in [0.4, 0.5) is 4.39 Å². The summed E-state index contributed by atoms with van der Waals surface area (Å²) in [5.41, 5.74) is 3.57. The van der Waals surface area contributed by atoms with Gasteiger partial charge in [0.1, 0.15) is 18.2 Å². The zero-order chi connectivity index (χ0) is 22.9. The molecule has 0 unspecified atom stereocenters. The highest BCUT2D eigenvalue weighted by atomic mass is 32.2. The van der Waals surface area contributed by atoms with E-state index < -0.39 is 16.1 Å². The van der Waals surface area contributed by atoms with Gasteiger partial charge in [0.05, 0.1) is 28.3 Å². The Morgan fingerprint density at radius 2 is 1.78 bits per heavy atom. The first-order valence-electron chi connectivity index (χ1n) is 10.2. The van der Waals surface area contributed by atoms with Crippen molar-refractivity contribution in [1.82, 2.24) is 14.5 Å². The SMILES string of the molecule is Cc1ccc(S(=O)(=O)N[C@@H](C)COc2ccc3c(cnn3-c3ccc(F)cc3)c2)cc1C. The molecule has 0 aliphatic carbocycles. The van der Waals surface area contributed by atoms with E-state index in [1.165, 1.54) is 12.1 Å². The fraction of sp³-hybridized carbons (Fsp3) is 0.208. The molecule has 0 aliphatic heterocycles. The third kappa shape index (κ3) is 4.66. The van der Waals surface area contributed by atoms with Gasteiger partial charge in [-0.15, -0.1) is 0 Å². The highest BCUT2D eigenvalue weighted by Gasteiger charge is 2.18. The van der Waals surface area contributed by atoms with Crippen LogP contribution in [0.25, 0.3) is 16.6 Å². The summed E-state index contributed by atoms with van der Waals surface area (Å²) in [7, 11) is -3.64. The summed E-state index contributed by atoms with van der Waals surface area (Å²) in [4.78, 5) is 0.238. The second kappa shape index (κ2) is 8.72. The van der Waals surface area contributed by atoms with Crippen molar-refractivity contribution in [2.45, 2.75) is 31.7 Å². The number of aromatic nitrogens is 2. The molecule has 166 valence electrons. The average molecular weight is 454 g/mol. The van der Waals surface area contributed by atoms with Gasteiger partial charge in [0.25, 0.3) is 0 Å². The van der Waals surface area contributed by atoms with E-state index in [4.69, 9.17) is 4.74 Å². The molecule has 6 nitrogen and oxygen atoms in total. The predicted molar refractivity (Wildman–Crippen MR) is 122 cm³/mol. The van der Waals surface area contributed by atoms with Crippen molar-refractivity contribution in [1.29, 1.82) is 0 Å². The molecule has 0 bridgehead atoms. The van der Waals surface area contributed by atoms with Crippen molar-refractivity contribution in [2.24, 2.45) is 0 Å². The fourth-order valence-corrected chi connectivity index (χ4v) is 4.67. The minimum atomic E-state index is -3.64. The van der Waals surface area contributed by atoms with E-state index >= 15 is 0 Å². The Balaban J connectivity index is 1.43. The summed E-state index contributed by atoms with van der Waals surface area (Å²) < 4.78 is 48.7. The van der Waals surface area contributed by atoms with Crippen LogP contribution in [0.15, 0.2) is 71.8 Å². The average Bonchev–Trinajstić information content (AvgIpc) is 3.17. The Morgan fingerprint density at radius 3 is 2.50 bits per heavy atom. The molecule has 0 radical (unpaired) electrons. The maximum absolute atomic E-state index is 13.2. The number of ether oxygens (including phenoxy) is 1. The third-order valence-corrected chi connectivity index (χ3v) is 6.84. The Morgan fingerprint density at radius 1 is 1.03 bits per heavy atom. The van der Waals surface area contributed by atoms with E-state index in [1.54, 1.807) is 54.2 Å². The Hall–Kier alpha value is -3.23. The first-order valence-corrected chi connectivity index (χ1v) is 11.7. The molecule has 0 fully saturated rings. The molecule has 32 heavy (non-hydrogen) atoms. The molecule has 1 N–H and O–H groups in total. The Labute approximate surface area is 186 Å². The summed E-state index contributed by atoms with van der Waals surface area (Å²) in [6.07, 6.45) is 1.71. The number of benzene rings is 3. The van der Waals surface area contributed by atoms with Gasteiger partial charge in [-0.05, 0) is 86.5 Å². The normalized spacial score (nSPS) is 12.8. The standard InChI is InChI=1S/C24H24FN3O3S/c1-16-4-10-23(12-17(16)2)32(29,30)27-18(3)15-31-22-9-11-24-19(13-22)14-26-28(24)21-7-5-20(25)6-8-21/h4-14,18,27H,15H2,1-3H3/t18-/m0/s1. The molecule has 3 aromatic carbocycles. The van der Waals surface area contributed by atoms with Crippen LogP contribution in [0.1, 0.15) is 18.1 Å². The van der Waals surface area contributed by atoms with Crippen molar-refractivity contribution in [3.8, 4) is 11.4 Å². The van der Waals surface area contributed by atoms with Gasteiger partial charge in [0, 0.05) is 5.39 Å². The van der Waals surface area contributed by atoms with Gasteiger partial charge in [-0.1, -0.05) is 6.07 Å². The molecule has 1 heterocycles. The van der Waals surface area contributed by atoms with Gasteiger partial charge in [0.15, 0.2) is 0 Å². The van der Waals surface area contributed by atoms with Crippen LogP contribution < -0.4 is 9.46 Å². The molecule has 0 saturated heterocycles. The van der Waals surface area contributed by atoms with Gasteiger partial charge in [-0.3, -0.25) is 0 Å². The van der Waals surface area contributed by atoms with Crippen LogP contribution in [0, 0.1) is 19.7 Å². The minimum Gasteiger partial charge on any atom is -0.492 e. The number of halogens is 1. The smallest absolute Gasteiger partial charge is 0.240 e. The highest BCUT2D eigenvalue weighted by Crippen LogP contribution is 2.23. The second-order valence-electron chi connectivity index (χ2n) is 7.83. The monoisotopic (exact) mass is 453 g/mol. The Bertz CT molecular complexity index is 1370. The lowest BCUT2D eigenvalue weighted by Gasteiger charge is -2.16. The molecule has 0 amide bonds. The lowest BCUT2D eigenvalue weighted by molar-refractivity contribution is 0.288. The molecule has 4 rings (SSSR count). The van der Waals surface area contributed by atoms with E-state index in [0.29, 0.717) is 5.75 Å². The number of hydrogen-bond acceptors (Lipinski definition) is 4. The summed E-state index contributed by atoms with van der Waals surface area (Å²) in [5, 5.41) is 5.23. The maximum Gasteiger partial charge on any atom is 0.240 e. The van der Waals surface area contributed by atoms with Crippen molar-refractivity contribution < 1.29 is 17.5 Å². The molecule has 4 aromatic rings. The first kappa shape index (κ1) is 22.0. The van der Waals surface area contributed by atoms with E-state index in [9.17, 15) is 12.8 Å². The lowest BCUT2D eigenvalue weighted by atomic mass is 10.1. The van der Waals surface area contributed by atoms with E-state index in [-0.39, 0.29) is 17.3 Å². The topological polar surface area (TPSA) is 73.2 Å². The largest absolute Gasteiger partial charge is 0.492 e. The van der Waals surface area contributed by atoms with Crippen LogP contribution in [-0.4, -0.2) is 30.8 Å². The predicted octanol–water partition coefficient (Wildman–Crippen LogP) is 4.53. The number of nitrogens with one attached hydrogen (secondary N) is 1. The third-order valence-electron chi connectivity index (χ3n) is 5.26. The van der Waals surface area contributed by atoms with E-state index in [1.807, 2.05) is 26.0 Å². The van der Waals surface area contributed by atoms with Gasteiger partial charge in [-0.25, -0.2) is 22.2 Å². The van der Waals surface area contributed by atoms with Crippen LogP contribution in [0.3, 0.4) is 0 Å². The van der Waals surface area contributed by atoms with Crippen LogP contribution in [0.5, 0.6) is 5.75 Å². The second-order valence-corrected chi connectivity index (χ2v) is 9.55. The number of fused-ring (bicyclic) bond motifs is 1. The van der Waals surface area contributed by atoms with Crippen LogP contribution in [-0.2, 0) is 10.0 Å². The maximum atomic E-state index is 13.2. The number of hydrogen-bond donors (Lipinski definition) is 1. The van der Waals surface area contributed by atoms with E-state index in [2.05, 4.69) is 9.82 Å². The quantitative estimate of drug-likeness (QED) is 0.446. The molecular weight excluding hydrogens is 429 g/mol. The fourth-order valence-electron chi connectivity index (χ4n) is 3.36. The molecule has 0 spiro atoms. The molecular formula is C24H24FN3O3S. The zero-order valence-electron chi connectivity index (χ0n) is 18.0. The summed E-state index contributed by atoms with van der Waals surface area (Å²) in [6.45, 7) is 5.75. The summed E-state index contributed by atoms with van der Waals surface area (Å²) in [6, 6.07) is 16.2. The summed E-state index contributed by atoms with van der Waals surface area (Å²) in [5.74, 6) is 0.302. The van der Waals surface area contributed by atoms with Crippen molar-refractivity contribution in [2.75, 3.05) is 6.61 Å². The first-order chi connectivity index (χ1) is 15.2. The van der Waals surface area contributed by atoms with Crippen molar-refractivity contribution in [3.63, 3.8) is 0 Å². The van der Waals surface area contributed by atoms with Gasteiger partial charge in [-0.2, -0.15) is 5.10 Å². The van der Waals surface area contributed by atoms with Gasteiger partial charge < -0.3 is 4.74 Å². The molecule has 1 aromatic heterocycles. The zero-order valence-corrected chi connectivity index (χ0v) is 18.9. The lowest BCUT2D eigenvalue weighted by Crippen LogP contribution is -2.36. The highest BCUT2D eigenvalue weighted by molar-refractivity contribution is 7.89. The minimum absolute atomic E-state index is 0.168. The molecule has 1 atom stereocenters. The van der Waals surface area contributed by atoms with Crippen LogP contribution in [0.2, 0.25) is 0 Å². The Kier molecular flexibility index (Phi) is 5.99. The molecule has 0 saturated carbocycles. The van der Waals surface area contributed by atoms with E-state index in [0.717, 1.165) is 27.7 Å². The number of sulfonamides is 1. The number of nitrogens with zero attached hydrogens (tertiary/aromatic N) is 2.